The minimum atomic E-state index is 0.0604. The molecule has 108 valence electrons. The van der Waals surface area contributed by atoms with Gasteiger partial charge in [-0.3, -0.25) is 0 Å². The van der Waals surface area contributed by atoms with E-state index in [0.717, 1.165) is 17.9 Å². The zero-order chi connectivity index (χ0) is 14.3. The molecule has 0 spiro atoms. The molecule has 4 heteroatoms. The highest BCUT2D eigenvalue weighted by Crippen LogP contribution is 2.28. The monoisotopic (exact) mass is 285 g/mol. The van der Waals surface area contributed by atoms with Gasteiger partial charge in [0.15, 0.2) is 0 Å². The van der Waals surface area contributed by atoms with Gasteiger partial charge in [0.2, 0.25) is 0 Å². The molecule has 0 amide bonds. The molecule has 0 aliphatic rings. The molecule has 0 radical (unpaired) electrons. The summed E-state index contributed by atoms with van der Waals surface area (Å²) < 4.78 is 11.0. The Morgan fingerprint density at radius 3 is 2.58 bits per heavy atom. The normalized spacial score (nSPS) is 11.6. The van der Waals surface area contributed by atoms with Gasteiger partial charge in [-0.15, -0.1) is 0 Å². The summed E-state index contributed by atoms with van der Waals surface area (Å²) in [7, 11) is 0. The van der Waals surface area contributed by atoms with Crippen LogP contribution < -0.4 is 10.1 Å². The number of rotatable bonds is 7. The summed E-state index contributed by atoms with van der Waals surface area (Å²) >= 11 is 6.20. The molecule has 0 fully saturated rings. The SMILES string of the molecule is CCOCCOc1c(Cl)cccc1CNC(C)(C)C. The van der Waals surface area contributed by atoms with Crippen LogP contribution in [0.3, 0.4) is 0 Å². The maximum atomic E-state index is 6.20. The van der Waals surface area contributed by atoms with Gasteiger partial charge in [-0.1, -0.05) is 23.7 Å². The van der Waals surface area contributed by atoms with Crippen molar-refractivity contribution in [2.75, 3.05) is 19.8 Å². The Bertz CT molecular complexity index is 388. The molecule has 0 unspecified atom stereocenters. The maximum absolute atomic E-state index is 6.20. The second kappa shape index (κ2) is 7.73. The fourth-order valence-electron chi connectivity index (χ4n) is 1.56. The number of hydrogen-bond acceptors (Lipinski definition) is 3. The van der Waals surface area contributed by atoms with Crippen molar-refractivity contribution in [3.63, 3.8) is 0 Å². The number of hydrogen-bond donors (Lipinski definition) is 1. The Labute approximate surface area is 121 Å². The summed E-state index contributed by atoms with van der Waals surface area (Å²) in [5.74, 6) is 0.751. The number of nitrogens with one attached hydrogen (secondary N) is 1. The van der Waals surface area contributed by atoms with Gasteiger partial charge in [0.1, 0.15) is 12.4 Å². The lowest BCUT2D eigenvalue weighted by Gasteiger charge is -2.22. The van der Waals surface area contributed by atoms with E-state index in [0.29, 0.717) is 24.8 Å². The Morgan fingerprint density at radius 2 is 1.95 bits per heavy atom. The van der Waals surface area contributed by atoms with Crippen LogP contribution in [-0.2, 0) is 11.3 Å². The van der Waals surface area contributed by atoms with E-state index in [1.54, 1.807) is 0 Å². The molecule has 3 nitrogen and oxygen atoms in total. The lowest BCUT2D eigenvalue weighted by molar-refractivity contribution is 0.110. The number of para-hydroxylation sites is 1. The first-order valence-electron chi connectivity index (χ1n) is 6.67. The minimum Gasteiger partial charge on any atom is -0.489 e. The van der Waals surface area contributed by atoms with Crippen LogP contribution in [0.25, 0.3) is 0 Å². The van der Waals surface area contributed by atoms with Crippen molar-refractivity contribution in [3.05, 3.63) is 28.8 Å². The van der Waals surface area contributed by atoms with Gasteiger partial charge in [-0.25, -0.2) is 0 Å². The Hall–Kier alpha value is -0.770. The van der Waals surface area contributed by atoms with Crippen molar-refractivity contribution in [2.24, 2.45) is 0 Å². The summed E-state index contributed by atoms with van der Waals surface area (Å²) in [6.07, 6.45) is 0. The molecular weight excluding hydrogens is 262 g/mol. The van der Waals surface area contributed by atoms with Crippen LogP contribution in [0.5, 0.6) is 5.75 Å². The van der Waals surface area contributed by atoms with Crippen LogP contribution >= 0.6 is 11.6 Å². The first-order chi connectivity index (χ1) is 8.94. The molecule has 0 aliphatic heterocycles. The highest BCUT2D eigenvalue weighted by atomic mass is 35.5. The van der Waals surface area contributed by atoms with Gasteiger partial charge in [0.05, 0.1) is 11.6 Å². The predicted molar refractivity (Wildman–Crippen MR) is 80.0 cm³/mol. The Morgan fingerprint density at radius 1 is 1.21 bits per heavy atom. The van der Waals surface area contributed by atoms with Gasteiger partial charge >= 0.3 is 0 Å². The van der Waals surface area contributed by atoms with E-state index < -0.39 is 0 Å². The molecule has 1 aromatic rings. The van der Waals surface area contributed by atoms with E-state index in [1.807, 2.05) is 25.1 Å². The largest absolute Gasteiger partial charge is 0.489 e. The van der Waals surface area contributed by atoms with Crippen molar-refractivity contribution >= 4 is 11.6 Å². The molecular formula is C15H24ClNO2. The molecule has 0 atom stereocenters. The fourth-order valence-corrected chi connectivity index (χ4v) is 1.81. The second-order valence-corrected chi connectivity index (χ2v) is 5.78. The summed E-state index contributed by atoms with van der Waals surface area (Å²) in [5.41, 5.74) is 1.13. The first-order valence-corrected chi connectivity index (χ1v) is 7.05. The third kappa shape index (κ3) is 6.28. The van der Waals surface area contributed by atoms with E-state index in [-0.39, 0.29) is 5.54 Å². The van der Waals surface area contributed by atoms with Gasteiger partial charge in [-0.05, 0) is 33.8 Å². The topological polar surface area (TPSA) is 30.5 Å². The third-order valence-electron chi connectivity index (χ3n) is 2.54. The van der Waals surface area contributed by atoms with Crippen molar-refractivity contribution in [1.29, 1.82) is 0 Å². The zero-order valence-corrected chi connectivity index (χ0v) is 13.0. The molecule has 0 heterocycles. The number of benzene rings is 1. The van der Waals surface area contributed by atoms with Crippen LogP contribution in [0.1, 0.15) is 33.3 Å². The lowest BCUT2D eigenvalue weighted by Crippen LogP contribution is -2.35. The van der Waals surface area contributed by atoms with Gasteiger partial charge in [-0.2, -0.15) is 0 Å². The van der Waals surface area contributed by atoms with E-state index in [4.69, 9.17) is 21.1 Å². The number of ether oxygens (including phenoxy) is 2. The Balaban J connectivity index is 2.66. The Kier molecular flexibility index (Phi) is 6.63. The molecule has 0 aliphatic carbocycles. The van der Waals surface area contributed by atoms with Gasteiger partial charge in [0, 0.05) is 24.3 Å². The van der Waals surface area contributed by atoms with E-state index >= 15 is 0 Å². The quantitative estimate of drug-likeness (QED) is 0.776. The lowest BCUT2D eigenvalue weighted by atomic mass is 10.1. The smallest absolute Gasteiger partial charge is 0.142 e. The van der Waals surface area contributed by atoms with Gasteiger partial charge in [0.25, 0.3) is 0 Å². The molecule has 1 N–H and O–H groups in total. The van der Waals surface area contributed by atoms with Crippen LogP contribution in [0.2, 0.25) is 5.02 Å². The standard InChI is InChI=1S/C15H24ClNO2/c1-5-18-9-10-19-14-12(7-6-8-13(14)16)11-17-15(2,3)4/h6-8,17H,5,9-11H2,1-4H3. The predicted octanol–water partition coefficient (Wildman–Crippen LogP) is 3.64. The summed E-state index contributed by atoms with van der Waals surface area (Å²) in [6.45, 7) is 10.9. The molecule has 0 saturated carbocycles. The third-order valence-corrected chi connectivity index (χ3v) is 2.83. The van der Waals surface area contributed by atoms with Crippen molar-refractivity contribution in [3.8, 4) is 5.75 Å². The molecule has 0 bridgehead atoms. The average Bonchev–Trinajstić information content (AvgIpc) is 2.33. The van der Waals surface area contributed by atoms with Gasteiger partial charge < -0.3 is 14.8 Å². The molecule has 0 saturated heterocycles. The molecule has 1 rings (SSSR count). The summed E-state index contributed by atoms with van der Waals surface area (Å²) in [5, 5.41) is 4.08. The van der Waals surface area contributed by atoms with Crippen molar-refractivity contribution in [1.82, 2.24) is 5.32 Å². The van der Waals surface area contributed by atoms with Crippen molar-refractivity contribution in [2.45, 2.75) is 39.8 Å². The maximum Gasteiger partial charge on any atom is 0.142 e. The van der Waals surface area contributed by atoms with E-state index in [9.17, 15) is 0 Å². The summed E-state index contributed by atoms with van der Waals surface area (Å²) in [4.78, 5) is 0. The van der Waals surface area contributed by atoms with Crippen LogP contribution in [-0.4, -0.2) is 25.4 Å². The van der Waals surface area contributed by atoms with Crippen molar-refractivity contribution < 1.29 is 9.47 Å². The molecule has 19 heavy (non-hydrogen) atoms. The fraction of sp³-hybridized carbons (Fsp3) is 0.600. The summed E-state index contributed by atoms with van der Waals surface area (Å²) in [6, 6.07) is 5.82. The highest BCUT2D eigenvalue weighted by Gasteiger charge is 2.13. The van der Waals surface area contributed by atoms with Crippen LogP contribution in [0.15, 0.2) is 18.2 Å². The number of halogens is 1. The first kappa shape index (κ1) is 16.3. The van der Waals surface area contributed by atoms with E-state index in [2.05, 4.69) is 26.1 Å². The average molecular weight is 286 g/mol. The highest BCUT2D eigenvalue weighted by molar-refractivity contribution is 6.32. The molecule has 1 aromatic carbocycles. The molecule has 0 aromatic heterocycles. The second-order valence-electron chi connectivity index (χ2n) is 5.38. The van der Waals surface area contributed by atoms with Crippen LogP contribution in [0, 0.1) is 0 Å². The minimum absolute atomic E-state index is 0.0604. The van der Waals surface area contributed by atoms with Crippen LogP contribution in [0.4, 0.5) is 0 Å². The van der Waals surface area contributed by atoms with E-state index in [1.165, 1.54) is 0 Å². The zero-order valence-electron chi connectivity index (χ0n) is 12.3.